The Morgan fingerprint density at radius 3 is 2.24 bits per heavy atom. The van der Waals surface area contributed by atoms with Crippen LogP contribution in [0.25, 0.3) is 0 Å². The Hall–Kier alpha value is -0.570. The molecule has 1 aliphatic carbocycles. The number of hydrogen-bond donors (Lipinski definition) is 0. The molecule has 1 amide bonds. The molecule has 3 heteroatoms. The smallest absolute Gasteiger partial charge is 0.227 e. The highest BCUT2D eigenvalue weighted by Gasteiger charge is 2.39. The van der Waals surface area contributed by atoms with Crippen molar-refractivity contribution in [1.29, 1.82) is 0 Å². The molecule has 0 aromatic rings. The Bertz CT molecular complexity index is 375. The standard InChI is InChI=1S/C18H32N2O/c1-18(2,3)17(21)19-11-8-14(9-12-19)13-20-10-4-5-16(20)15-6-7-15/h14-16H,4-13H2,1-3H3. The minimum atomic E-state index is -0.223. The summed E-state index contributed by atoms with van der Waals surface area (Å²) in [6.45, 7) is 10.7. The minimum Gasteiger partial charge on any atom is -0.342 e. The molecule has 2 saturated heterocycles. The third kappa shape index (κ3) is 3.61. The molecule has 1 atom stereocenters. The van der Waals surface area contributed by atoms with E-state index < -0.39 is 0 Å². The van der Waals surface area contributed by atoms with Gasteiger partial charge in [-0.3, -0.25) is 9.69 Å². The van der Waals surface area contributed by atoms with Gasteiger partial charge in [0.05, 0.1) is 0 Å². The second-order valence-corrected chi connectivity index (χ2v) is 8.53. The highest BCUT2D eigenvalue weighted by molar-refractivity contribution is 5.81. The predicted molar refractivity (Wildman–Crippen MR) is 86.1 cm³/mol. The fourth-order valence-corrected chi connectivity index (χ4v) is 4.22. The first-order valence-corrected chi connectivity index (χ1v) is 8.98. The minimum absolute atomic E-state index is 0.223. The summed E-state index contributed by atoms with van der Waals surface area (Å²) < 4.78 is 0. The molecule has 0 aromatic carbocycles. The summed E-state index contributed by atoms with van der Waals surface area (Å²) in [6.07, 6.45) is 8.19. The van der Waals surface area contributed by atoms with Crippen molar-refractivity contribution in [3.8, 4) is 0 Å². The number of carbonyl (C=O) groups is 1. The molecule has 3 fully saturated rings. The molecule has 3 nitrogen and oxygen atoms in total. The van der Waals surface area contributed by atoms with E-state index in [1.165, 1.54) is 51.6 Å². The maximum absolute atomic E-state index is 12.3. The summed E-state index contributed by atoms with van der Waals surface area (Å²) >= 11 is 0. The first-order chi connectivity index (χ1) is 9.95. The quantitative estimate of drug-likeness (QED) is 0.798. The molecule has 0 radical (unpaired) electrons. The number of nitrogens with zero attached hydrogens (tertiary/aromatic N) is 2. The SMILES string of the molecule is CC(C)(C)C(=O)N1CCC(CN2CCCC2C2CC2)CC1. The molecule has 0 aromatic heterocycles. The van der Waals surface area contributed by atoms with Crippen LogP contribution in [0, 0.1) is 17.3 Å². The van der Waals surface area contributed by atoms with Crippen LogP contribution in [0.1, 0.15) is 59.3 Å². The van der Waals surface area contributed by atoms with E-state index in [9.17, 15) is 4.79 Å². The largest absolute Gasteiger partial charge is 0.342 e. The van der Waals surface area contributed by atoms with Gasteiger partial charge in [0.1, 0.15) is 0 Å². The Labute approximate surface area is 130 Å². The average molecular weight is 292 g/mol. The average Bonchev–Trinajstić information content (AvgIpc) is 3.18. The molecule has 1 saturated carbocycles. The zero-order valence-electron chi connectivity index (χ0n) is 14.1. The normalized spacial score (nSPS) is 29.1. The van der Waals surface area contributed by atoms with Crippen LogP contribution in [0.5, 0.6) is 0 Å². The lowest BCUT2D eigenvalue weighted by Crippen LogP contribution is -2.46. The number of hydrogen-bond acceptors (Lipinski definition) is 2. The van der Waals surface area contributed by atoms with Crippen molar-refractivity contribution in [2.45, 2.75) is 65.3 Å². The summed E-state index contributed by atoms with van der Waals surface area (Å²) in [4.78, 5) is 17.2. The van der Waals surface area contributed by atoms with Crippen molar-refractivity contribution < 1.29 is 4.79 Å². The maximum Gasteiger partial charge on any atom is 0.227 e. The summed E-state index contributed by atoms with van der Waals surface area (Å²) in [5.41, 5.74) is -0.223. The molecule has 0 bridgehead atoms. The second kappa shape index (κ2) is 5.91. The zero-order valence-corrected chi connectivity index (χ0v) is 14.1. The Morgan fingerprint density at radius 2 is 1.67 bits per heavy atom. The maximum atomic E-state index is 12.3. The molecule has 2 aliphatic heterocycles. The fourth-order valence-electron chi connectivity index (χ4n) is 4.22. The first-order valence-electron chi connectivity index (χ1n) is 8.98. The van der Waals surface area contributed by atoms with Gasteiger partial charge >= 0.3 is 0 Å². The summed E-state index contributed by atoms with van der Waals surface area (Å²) in [5.74, 6) is 2.17. The van der Waals surface area contributed by atoms with Gasteiger partial charge in [-0.05, 0) is 56.9 Å². The first kappa shape index (κ1) is 15.3. The van der Waals surface area contributed by atoms with Gasteiger partial charge in [0.15, 0.2) is 0 Å². The van der Waals surface area contributed by atoms with Gasteiger partial charge in [0.25, 0.3) is 0 Å². The topological polar surface area (TPSA) is 23.6 Å². The molecule has 3 aliphatic rings. The number of likely N-dealkylation sites (tertiary alicyclic amines) is 2. The molecular formula is C18H32N2O. The lowest BCUT2D eigenvalue weighted by molar-refractivity contribution is -0.141. The lowest BCUT2D eigenvalue weighted by atomic mass is 9.90. The van der Waals surface area contributed by atoms with E-state index in [1.54, 1.807) is 0 Å². The van der Waals surface area contributed by atoms with Crippen LogP contribution >= 0.6 is 0 Å². The molecule has 1 unspecified atom stereocenters. The number of amides is 1. The highest BCUT2D eigenvalue weighted by Crippen LogP contribution is 2.40. The van der Waals surface area contributed by atoms with E-state index in [0.29, 0.717) is 5.91 Å². The zero-order chi connectivity index (χ0) is 15.0. The van der Waals surface area contributed by atoms with Crippen molar-refractivity contribution in [1.82, 2.24) is 9.80 Å². The van der Waals surface area contributed by atoms with Crippen LogP contribution in [0.15, 0.2) is 0 Å². The van der Waals surface area contributed by atoms with Crippen LogP contribution in [-0.2, 0) is 4.79 Å². The number of carbonyl (C=O) groups excluding carboxylic acids is 1. The molecule has 3 rings (SSSR count). The Morgan fingerprint density at radius 1 is 1.00 bits per heavy atom. The molecular weight excluding hydrogens is 260 g/mol. The van der Waals surface area contributed by atoms with Crippen LogP contribution in [0.2, 0.25) is 0 Å². The van der Waals surface area contributed by atoms with Crippen molar-refractivity contribution >= 4 is 5.91 Å². The third-order valence-corrected chi connectivity index (χ3v) is 5.62. The summed E-state index contributed by atoms with van der Waals surface area (Å²) in [5, 5.41) is 0. The van der Waals surface area contributed by atoms with Gasteiger partial charge in [-0.2, -0.15) is 0 Å². The van der Waals surface area contributed by atoms with E-state index in [0.717, 1.165) is 31.0 Å². The lowest BCUT2D eigenvalue weighted by Gasteiger charge is -2.38. The summed E-state index contributed by atoms with van der Waals surface area (Å²) in [7, 11) is 0. The van der Waals surface area contributed by atoms with Gasteiger partial charge in [-0.15, -0.1) is 0 Å². The summed E-state index contributed by atoms with van der Waals surface area (Å²) in [6, 6.07) is 0.902. The molecule has 0 spiro atoms. The van der Waals surface area contributed by atoms with Crippen molar-refractivity contribution in [2.75, 3.05) is 26.2 Å². The van der Waals surface area contributed by atoms with Crippen molar-refractivity contribution in [2.24, 2.45) is 17.3 Å². The molecule has 0 N–H and O–H groups in total. The fraction of sp³-hybridized carbons (Fsp3) is 0.944. The van der Waals surface area contributed by atoms with E-state index in [-0.39, 0.29) is 5.41 Å². The van der Waals surface area contributed by atoms with Gasteiger partial charge in [-0.1, -0.05) is 20.8 Å². The van der Waals surface area contributed by atoms with Crippen LogP contribution in [0.3, 0.4) is 0 Å². The molecule has 2 heterocycles. The van der Waals surface area contributed by atoms with E-state index >= 15 is 0 Å². The second-order valence-electron chi connectivity index (χ2n) is 8.53. The van der Waals surface area contributed by atoms with Crippen LogP contribution in [0.4, 0.5) is 0 Å². The van der Waals surface area contributed by atoms with E-state index in [1.807, 2.05) is 20.8 Å². The monoisotopic (exact) mass is 292 g/mol. The number of piperidine rings is 1. The highest BCUT2D eigenvalue weighted by atomic mass is 16.2. The van der Waals surface area contributed by atoms with Gasteiger partial charge in [-0.25, -0.2) is 0 Å². The van der Waals surface area contributed by atoms with Crippen LogP contribution in [-0.4, -0.2) is 47.9 Å². The predicted octanol–water partition coefficient (Wildman–Crippen LogP) is 3.15. The third-order valence-electron chi connectivity index (χ3n) is 5.62. The molecule has 120 valence electrons. The molecule has 21 heavy (non-hydrogen) atoms. The Balaban J connectivity index is 1.46. The van der Waals surface area contributed by atoms with Crippen LogP contribution < -0.4 is 0 Å². The van der Waals surface area contributed by atoms with E-state index in [2.05, 4.69) is 9.80 Å². The number of rotatable bonds is 3. The Kier molecular flexibility index (Phi) is 4.31. The van der Waals surface area contributed by atoms with Gasteiger partial charge in [0.2, 0.25) is 5.91 Å². The van der Waals surface area contributed by atoms with Gasteiger partial charge < -0.3 is 4.90 Å². The van der Waals surface area contributed by atoms with E-state index in [4.69, 9.17) is 0 Å². The van der Waals surface area contributed by atoms with Crippen molar-refractivity contribution in [3.05, 3.63) is 0 Å². The van der Waals surface area contributed by atoms with Crippen molar-refractivity contribution in [3.63, 3.8) is 0 Å². The van der Waals surface area contributed by atoms with Gasteiger partial charge in [0, 0.05) is 31.1 Å².